The third-order valence-electron chi connectivity index (χ3n) is 5.00. The van der Waals surface area contributed by atoms with E-state index < -0.39 is 11.8 Å². The Labute approximate surface area is 181 Å². The number of benzene rings is 3. The molecule has 0 radical (unpaired) electrons. The molecular formula is C23H16N4O3S. The largest absolute Gasteiger partial charge is 0.352 e. The molecule has 3 N–H and O–H groups in total. The van der Waals surface area contributed by atoms with Crippen molar-refractivity contribution >= 4 is 44.3 Å². The van der Waals surface area contributed by atoms with Crippen LogP contribution in [0.5, 0.6) is 0 Å². The predicted molar refractivity (Wildman–Crippen MR) is 119 cm³/mol. The van der Waals surface area contributed by atoms with E-state index in [9.17, 15) is 14.4 Å². The number of thiazole rings is 1. The normalized spacial score (nSPS) is 11.7. The second-order valence-electron chi connectivity index (χ2n) is 6.98. The number of ketones is 1. The lowest BCUT2D eigenvalue weighted by atomic mass is 10.0. The van der Waals surface area contributed by atoms with E-state index in [-0.39, 0.29) is 12.3 Å². The Hall–Kier alpha value is -4.04. The zero-order chi connectivity index (χ0) is 21.4. The first-order valence-electron chi connectivity index (χ1n) is 9.57. The Kier molecular flexibility index (Phi) is 4.68. The minimum atomic E-state index is -0.500. The fourth-order valence-electron chi connectivity index (χ4n) is 3.52. The van der Waals surface area contributed by atoms with Gasteiger partial charge in [0.05, 0.1) is 16.8 Å². The van der Waals surface area contributed by atoms with Crippen molar-refractivity contribution in [1.29, 1.82) is 0 Å². The summed E-state index contributed by atoms with van der Waals surface area (Å²) in [5.74, 6) is -1.03. The third kappa shape index (κ3) is 3.53. The number of hydrogen-bond acceptors (Lipinski definition) is 6. The summed E-state index contributed by atoms with van der Waals surface area (Å²) in [5.41, 5.74) is 8.69. The lowest BCUT2D eigenvalue weighted by molar-refractivity contribution is -0.120. The minimum absolute atomic E-state index is 0.0436. The van der Waals surface area contributed by atoms with Gasteiger partial charge in [-0.1, -0.05) is 53.8 Å². The Morgan fingerprint density at radius 1 is 0.839 bits per heavy atom. The van der Waals surface area contributed by atoms with Crippen LogP contribution in [0.3, 0.4) is 0 Å². The SMILES string of the molecule is O=C(CNc1nc2ccccc2s1)NNC(=O)c1ccc2c(c1)C(=O)c1ccccc1-2. The molecule has 8 heteroatoms. The summed E-state index contributed by atoms with van der Waals surface area (Å²) in [7, 11) is 0. The van der Waals surface area contributed by atoms with Crippen molar-refractivity contribution in [2.24, 2.45) is 0 Å². The van der Waals surface area contributed by atoms with Gasteiger partial charge in [-0.25, -0.2) is 4.98 Å². The summed E-state index contributed by atoms with van der Waals surface area (Å²) in [4.78, 5) is 41.5. The van der Waals surface area contributed by atoms with Gasteiger partial charge < -0.3 is 5.32 Å². The van der Waals surface area contributed by atoms with E-state index in [0.717, 1.165) is 21.3 Å². The van der Waals surface area contributed by atoms with Crippen LogP contribution in [0.2, 0.25) is 0 Å². The van der Waals surface area contributed by atoms with Gasteiger partial charge in [0, 0.05) is 16.7 Å². The maximum absolute atomic E-state index is 12.6. The van der Waals surface area contributed by atoms with Crippen molar-refractivity contribution in [2.45, 2.75) is 0 Å². The molecule has 0 atom stereocenters. The molecule has 0 unspecified atom stereocenters. The molecule has 3 aromatic carbocycles. The highest BCUT2D eigenvalue weighted by Gasteiger charge is 2.27. The maximum atomic E-state index is 12.6. The summed E-state index contributed by atoms with van der Waals surface area (Å²) < 4.78 is 1.02. The molecular weight excluding hydrogens is 412 g/mol. The van der Waals surface area contributed by atoms with Crippen LogP contribution in [-0.4, -0.2) is 29.1 Å². The molecule has 1 aliphatic carbocycles. The van der Waals surface area contributed by atoms with E-state index in [1.165, 1.54) is 11.3 Å². The molecule has 152 valence electrons. The van der Waals surface area contributed by atoms with Crippen molar-refractivity contribution in [3.8, 4) is 11.1 Å². The average Bonchev–Trinajstić information content (AvgIpc) is 3.35. The van der Waals surface area contributed by atoms with Crippen LogP contribution in [0.1, 0.15) is 26.3 Å². The smallest absolute Gasteiger partial charge is 0.269 e. The number of carbonyl (C=O) groups excluding carboxylic acids is 3. The lowest BCUT2D eigenvalue weighted by Gasteiger charge is -2.09. The van der Waals surface area contributed by atoms with E-state index in [1.54, 1.807) is 24.3 Å². The highest BCUT2D eigenvalue weighted by atomic mass is 32.1. The number of nitrogens with one attached hydrogen (secondary N) is 3. The van der Waals surface area contributed by atoms with Crippen LogP contribution in [-0.2, 0) is 4.79 Å². The standard InChI is InChI=1S/C23H16N4O3S/c28-20(12-24-23-25-18-7-3-4-8-19(18)31-23)26-27-22(30)13-9-10-15-14-5-1-2-6-16(14)21(29)17(15)11-13/h1-11H,12H2,(H,24,25)(H,26,28)(H,27,30). The molecule has 5 rings (SSSR count). The minimum Gasteiger partial charge on any atom is -0.352 e. The monoisotopic (exact) mass is 428 g/mol. The fraction of sp³-hybridized carbons (Fsp3) is 0.0435. The number of rotatable bonds is 4. The molecule has 7 nitrogen and oxygen atoms in total. The van der Waals surface area contributed by atoms with Crippen LogP contribution < -0.4 is 16.2 Å². The first kappa shape index (κ1) is 19.0. The first-order valence-corrected chi connectivity index (χ1v) is 10.4. The van der Waals surface area contributed by atoms with Gasteiger partial charge in [-0.2, -0.15) is 0 Å². The average molecular weight is 428 g/mol. The molecule has 31 heavy (non-hydrogen) atoms. The Morgan fingerprint density at radius 2 is 1.58 bits per heavy atom. The van der Waals surface area contributed by atoms with Gasteiger partial charge in [0.2, 0.25) is 0 Å². The zero-order valence-electron chi connectivity index (χ0n) is 16.1. The van der Waals surface area contributed by atoms with E-state index in [4.69, 9.17) is 0 Å². The molecule has 0 spiro atoms. The maximum Gasteiger partial charge on any atom is 0.269 e. The molecule has 1 heterocycles. The topological polar surface area (TPSA) is 100 Å². The summed E-state index contributed by atoms with van der Waals surface area (Å²) >= 11 is 1.45. The van der Waals surface area contributed by atoms with Crippen LogP contribution >= 0.6 is 11.3 Å². The van der Waals surface area contributed by atoms with Gasteiger partial charge in [0.1, 0.15) is 0 Å². The Balaban J connectivity index is 1.20. The van der Waals surface area contributed by atoms with Gasteiger partial charge in [-0.05, 0) is 35.4 Å². The number of anilines is 1. The van der Waals surface area contributed by atoms with Crippen molar-refractivity contribution < 1.29 is 14.4 Å². The van der Waals surface area contributed by atoms with E-state index in [1.807, 2.05) is 42.5 Å². The molecule has 1 aliphatic rings. The summed E-state index contributed by atoms with van der Waals surface area (Å²) in [6.45, 7) is -0.0436. The Morgan fingerprint density at radius 3 is 2.42 bits per heavy atom. The number of aromatic nitrogens is 1. The van der Waals surface area contributed by atoms with E-state index >= 15 is 0 Å². The quantitative estimate of drug-likeness (QED) is 0.381. The van der Waals surface area contributed by atoms with Gasteiger partial charge >= 0.3 is 0 Å². The van der Waals surface area contributed by atoms with Crippen molar-refractivity contribution in [3.63, 3.8) is 0 Å². The molecule has 4 aromatic rings. The summed E-state index contributed by atoms with van der Waals surface area (Å²) in [5, 5.41) is 3.57. The van der Waals surface area contributed by atoms with Crippen molar-refractivity contribution in [1.82, 2.24) is 15.8 Å². The van der Waals surface area contributed by atoms with Crippen LogP contribution in [0, 0.1) is 0 Å². The molecule has 2 amide bonds. The predicted octanol–water partition coefficient (Wildman–Crippen LogP) is 3.38. The van der Waals surface area contributed by atoms with Crippen molar-refractivity contribution in [3.05, 3.63) is 83.4 Å². The first-order chi connectivity index (χ1) is 15.1. The third-order valence-corrected chi connectivity index (χ3v) is 5.99. The molecule has 0 fully saturated rings. The number of amides is 2. The molecule has 0 saturated carbocycles. The highest BCUT2D eigenvalue weighted by molar-refractivity contribution is 7.22. The van der Waals surface area contributed by atoms with Gasteiger partial charge in [0.25, 0.3) is 11.8 Å². The zero-order valence-corrected chi connectivity index (χ0v) is 17.0. The summed E-state index contributed by atoms with van der Waals surface area (Å²) in [6.07, 6.45) is 0. The molecule has 0 saturated heterocycles. The number of hydrogen-bond donors (Lipinski definition) is 3. The van der Waals surface area contributed by atoms with Gasteiger partial charge in [-0.3, -0.25) is 25.2 Å². The fourth-order valence-corrected chi connectivity index (χ4v) is 4.38. The molecule has 0 aliphatic heterocycles. The van der Waals surface area contributed by atoms with Crippen molar-refractivity contribution in [2.75, 3.05) is 11.9 Å². The van der Waals surface area contributed by atoms with Gasteiger partial charge in [-0.15, -0.1) is 0 Å². The number of hydrazine groups is 1. The number of carbonyl (C=O) groups is 3. The molecule has 0 bridgehead atoms. The number of fused-ring (bicyclic) bond motifs is 4. The number of nitrogens with zero attached hydrogens (tertiary/aromatic N) is 1. The second kappa shape index (κ2) is 7.66. The molecule has 1 aromatic heterocycles. The van der Waals surface area contributed by atoms with E-state index in [0.29, 0.717) is 21.8 Å². The summed E-state index contributed by atoms with van der Waals surface area (Å²) in [6, 6.07) is 20.0. The number of para-hydroxylation sites is 1. The highest BCUT2D eigenvalue weighted by Crippen LogP contribution is 2.36. The lowest BCUT2D eigenvalue weighted by Crippen LogP contribution is -2.44. The van der Waals surface area contributed by atoms with Crippen LogP contribution in [0.25, 0.3) is 21.3 Å². The Bertz CT molecular complexity index is 1330. The van der Waals surface area contributed by atoms with Gasteiger partial charge in [0.15, 0.2) is 10.9 Å². The second-order valence-corrected chi connectivity index (χ2v) is 8.01. The van der Waals surface area contributed by atoms with Crippen LogP contribution in [0.4, 0.5) is 5.13 Å². The van der Waals surface area contributed by atoms with E-state index in [2.05, 4.69) is 21.2 Å². The van der Waals surface area contributed by atoms with Crippen LogP contribution in [0.15, 0.2) is 66.7 Å².